The monoisotopic (exact) mass is 355 g/mol. The molecule has 2 rings (SSSR count). The highest BCUT2D eigenvalue weighted by molar-refractivity contribution is 7.91. The molecule has 23 heavy (non-hydrogen) atoms. The molecule has 1 aliphatic rings. The van der Waals surface area contributed by atoms with E-state index in [9.17, 15) is 13.2 Å². The molecule has 1 aromatic rings. The molecule has 1 amide bonds. The van der Waals surface area contributed by atoms with E-state index in [4.69, 9.17) is 12.2 Å². The van der Waals surface area contributed by atoms with E-state index in [2.05, 4.69) is 23.1 Å². The zero-order valence-electron chi connectivity index (χ0n) is 13.2. The number of hydrogen-bond acceptors (Lipinski definition) is 4. The second-order valence-electron chi connectivity index (χ2n) is 5.63. The van der Waals surface area contributed by atoms with Crippen LogP contribution < -0.4 is 16.2 Å². The van der Waals surface area contributed by atoms with Crippen LogP contribution in [0, 0.1) is 12.8 Å². The van der Waals surface area contributed by atoms with E-state index in [-0.39, 0.29) is 22.5 Å². The number of sulfone groups is 1. The molecular weight excluding hydrogens is 334 g/mol. The second-order valence-corrected chi connectivity index (χ2v) is 8.27. The van der Waals surface area contributed by atoms with Gasteiger partial charge in [-0.15, -0.1) is 0 Å². The van der Waals surface area contributed by atoms with Crippen LogP contribution in [-0.4, -0.2) is 30.9 Å². The predicted molar refractivity (Wildman–Crippen MR) is 94.8 cm³/mol. The maximum atomic E-state index is 12.0. The lowest BCUT2D eigenvalue weighted by molar-refractivity contribution is -0.124. The minimum Gasteiger partial charge on any atom is -0.331 e. The van der Waals surface area contributed by atoms with Crippen molar-refractivity contribution < 1.29 is 13.2 Å². The number of thiocarbonyl (C=S) groups is 1. The fourth-order valence-corrected chi connectivity index (χ4v) is 4.46. The maximum absolute atomic E-state index is 12.0. The summed E-state index contributed by atoms with van der Waals surface area (Å²) in [5.41, 5.74) is 8.23. The van der Waals surface area contributed by atoms with E-state index >= 15 is 0 Å². The fraction of sp³-hybridized carbons (Fsp3) is 0.467. The van der Waals surface area contributed by atoms with Crippen LogP contribution in [-0.2, 0) is 21.1 Å². The van der Waals surface area contributed by atoms with Crippen molar-refractivity contribution in [2.24, 2.45) is 5.92 Å². The number of para-hydroxylation sites is 1. The summed E-state index contributed by atoms with van der Waals surface area (Å²) in [7, 11) is -3.08. The van der Waals surface area contributed by atoms with E-state index in [1.807, 2.05) is 25.1 Å². The van der Waals surface area contributed by atoms with Gasteiger partial charge in [0.1, 0.15) is 0 Å². The maximum Gasteiger partial charge on any atom is 0.242 e. The lowest BCUT2D eigenvalue weighted by Crippen LogP contribution is -2.46. The van der Waals surface area contributed by atoms with Gasteiger partial charge in [0.05, 0.1) is 17.4 Å². The van der Waals surface area contributed by atoms with Crippen molar-refractivity contribution in [3.8, 4) is 0 Å². The Kier molecular flexibility index (Phi) is 5.59. The van der Waals surface area contributed by atoms with Crippen LogP contribution in [0.1, 0.15) is 24.5 Å². The van der Waals surface area contributed by atoms with Crippen molar-refractivity contribution in [3.05, 3.63) is 29.3 Å². The minimum atomic E-state index is -3.08. The largest absolute Gasteiger partial charge is 0.331 e. The Morgan fingerprint density at radius 1 is 1.35 bits per heavy atom. The lowest BCUT2D eigenvalue weighted by atomic mass is 10.1. The first-order chi connectivity index (χ1) is 10.8. The lowest BCUT2D eigenvalue weighted by Gasteiger charge is -2.17. The van der Waals surface area contributed by atoms with E-state index in [0.717, 1.165) is 23.2 Å². The van der Waals surface area contributed by atoms with Gasteiger partial charge in [-0.2, -0.15) is 0 Å². The molecule has 8 heteroatoms. The van der Waals surface area contributed by atoms with Gasteiger partial charge in [-0.25, -0.2) is 8.42 Å². The Balaban J connectivity index is 1.90. The second kappa shape index (κ2) is 7.27. The third-order valence-corrected chi connectivity index (χ3v) is 5.85. The minimum absolute atomic E-state index is 0.0663. The molecular formula is C15H21N3O3S2. The summed E-state index contributed by atoms with van der Waals surface area (Å²) in [6.45, 7) is 4.03. The smallest absolute Gasteiger partial charge is 0.242 e. The van der Waals surface area contributed by atoms with Crippen molar-refractivity contribution in [3.63, 3.8) is 0 Å². The summed E-state index contributed by atoms with van der Waals surface area (Å²) < 4.78 is 22.8. The highest BCUT2D eigenvalue weighted by Gasteiger charge is 2.32. The molecule has 0 saturated carbocycles. The number of carbonyl (C=O) groups excluding carboxylic acids is 1. The topological polar surface area (TPSA) is 87.3 Å². The Morgan fingerprint density at radius 3 is 2.70 bits per heavy atom. The van der Waals surface area contributed by atoms with E-state index < -0.39 is 15.8 Å². The van der Waals surface area contributed by atoms with Crippen molar-refractivity contribution >= 4 is 38.8 Å². The molecule has 126 valence electrons. The molecule has 1 saturated heterocycles. The number of hydrogen-bond donors (Lipinski definition) is 3. The van der Waals surface area contributed by atoms with Gasteiger partial charge < -0.3 is 5.32 Å². The highest BCUT2D eigenvalue weighted by Crippen LogP contribution is 2.21. The average Bonchev–Trinajstić information content (AvgIpc) is 2.87. The number of carbonyl (C=O) groups is 1. The summed E-state index contributed by atoms with van der Waals surface area (Å²) in [6.07, 6.45) is 1.22. The summed E-state index contributed by atoms with van der Waals surface area (Å²) >= 11 is 5.19. The molecule has 1 aliphatic heterocycles. The van der Waals surface area contributed by atoms with Crippen LogP contribution >= 0.6 is 12.2 Å². The Bertz CT molecular complexity index is 717. The van der Waals surface area contributed by atoms with Gasteiger partial charge in [-0.1, -0.05) is 25.1 Å². The van der Waals surface area contributed by atoms with Gasteiger partial charge in [-0.3, -0.25) is 15.6 Å². The fourth-order valence-electron chi connectivity index (χ4n) is 2.57. The number of nitrogens with one attached hydrogen (secondary N) is 3. The van der Waals surface area contributed by atoms with Crippen molar-refractivity contribution in [1.29, 1.82) is 0 Å². The molecule has 0 bridgehead atoms. The summed E-state index contributed by atoms with van der Waals surface area (Å²) in [4.78, 5) is 12.0. The van der Waals surface area contributed by atoms with Gasteiger partial charge in [0, 0.05) is 5.69 Å². The standard InChI is InChI=1S/C15H21N3O3S2/c1-3-11-6-4-5-10(2)13(11)16-15(22)18-17-14(19)12-7-8-23(20,21)9-12/h4-6,12H,3,7-9H2,1-2H3,(H,17,19)(H2,16,18,22)/t12-/m0/s1. The van der Waals surface area contributed by atoms with Crippen LogP contribution in [0.15, 0.2) is 18.2 Å². The van der Waals surface area contributed by atoms with E-state index in [1.54, 1.807) is 0 Å². The van der Waals surface area contributed by atoms with Gasteiger partial charge in [0.2, 0.25) is 5.91 Å². The van der Waals surface area contributed by atoms with E-state index in [1.165, 1.54) is 0 Å². The molecule has 3 N–H and O–H groups in total. The first-order valence-electron chi connectivity index (χ1n) is 7.48. The average molecular weight is 355 g/mol. The third-order valence-electron chi connectivity index (χ3n) is 3.88. The zero-order chi connectivity index (χ0) is 17.0. The van der Waals surface area contributed by atoms with Crippen LogP contribution in [0.3, 0.4) is 0 Å². The van der Waals surface area contributed by atoms with Crippen molar-refractivity contribution in [2.45, 2.75) is 26.7 Å². The summed E-state index contributed by atoms with van der Waals surface area (Å²) in [6, 6.07) is 5.98. The molecule has 0 unspecified atom stereocenters. The quantitative estimate of drug-likeness (QED) is 0.560. The Morgan fingerprint density at radius 2 is 2.09 bits per heavy atom. The Hall–Kier alpha value is -1.67. The van der Waals surface area contributed by atoms with Crippen LogP contribution in [0.4, 0.5) is 5.69 Å². The molecule has 6 nitrogen and oxygen atoms in total. The normalized spacial score (nSPS) is 19.1. The molecule has 1 aromatic carbocycles. The number of amides is 1. The van der Waals surface area contributed by atoms with Crippen LogP contribution in [0.25, 0.3) is 0 Å². The van der Waals surface area contributed by atoms with Crippen molar-refractivity contribution in [2.75, 3.05) is 16.8 Å². The van der Waals surface area contributed by atoms with Crippen LogP contribution in [0.2, 0.25) is 0 Å². The zero-order valence-corrected chi connectivity index (χ0v) is 14.8. The summed E-state index contributed by atoms with van der Waals surface area (Å²) in [5.74, 6) is -0.898. The van der Waals surface area contributed by atoms with Crippen LogP contribution in [0.5, 0.6) is 0 Å². The SMILES string of the molecule is CCc1cccc(C)c1NC(=S)NNC(=O)[C@H]1CCS(=O)(=O)C1. The number of hydrazine groups is 1. The number of rotatable bonds is 3. The van der Waals surface area contributed by atoms with Gasteiger partial charge in [-0.05, 0) is 43.1 Å². The van der Waals surface area contributed by atoms with E-state index in [0.29, 0.717) is 6.42 Å². The van der Waals surface area contributed by atoms with Gasteiger partial charge >= 0.3 is 0 Å². The summed E-state index contributed by atoms with van der Waals surface area (Å²) in [5, 5.41) is 3.35. The molecule has 0 aliphatic carbocycles. The number of benzene rings is 1. The first kappa shape index (κ1) is 17.7. The molecule has 0 spiro atoms. The van der Waals surface area contributed by atoms with Crippen molar-refractivity contribution in [1.82, 2.24) is 10.9 Å². The highest BCUT2D eigenvalue weighted by atomic mass is 32.2. The van der Waals surface area contributed by atoms with Gasteiger partial charge in [0.25, 0.3) is 0 Å². The first-order valence-corrected chi connectivity index (χ1v) is 9.71. The molecule has 0 radical (unpaired) electrons. The van der Waals surface area contributed by atoms with Gasteiger partial charge in [0.15, 0.2) is 14.9 Å². The molecule has 0 aromatic heterocycles. The number of aryl methyl sites for hydroxylation is 2. The molecule has 1 fully saturated rings. The molecule has 1 heterocycles. The number of anilines is 1. The predicted octanol–water partition coefficient (Wildman–Crippen LogP) is 1.31. The third kappa shape index (κ3) is 4.65. The Labute approximate surface area is 141 Å². The molecule has 1 atom stereocenters.